The maximum atomic E-state index is 13.3. The number of nitrogens with one attached hydrogen (secondary N) is 1. The zero-order chi connectivity index (χ0) is 20.7. The van der Waals surface area contributed by atoms with Gasteiger partial charge in [-0.1, -0.05) is 35.9 Å². The standard InChI is InChI=1S/C22H24N2O4/c1-14-9-8-10-15(13-14)18(25)28-22(19(26)23-21(2,3)4)16-11-6-7-12-17(16)24(5)20(22)27/h6-13H,1-5H3,(H,23,26). The van der Waals surface area contributed by atoms with E-state index in [4.69, 9.17) is 4.74 Å². The molecule has 1 aliphatic rings. The van der Waals surface area contributed by atoms with Crippen LogP contribution in [0.1, 0.15) is 42.3 Å². The quantitative estimate of drug-likeness (QED) is 0.656. The minimum absolute atomic E-state index is 0.280. The molecule has 28 heavy (non-hydrogen) atoms. The molecular weight excluding hydrogens is 356 g/mol. The highest BCUT2D eigenvalue weighted by Crippen LogP contribution is 2.43. The SMILES string of the molecule is Cc1cccc(C(=O)OC2(C(=O)NC(C)(C)C)C(=O)N(C)c3ccccc32)c1. The Morgan fingerprint density at radius 3 is 2.39 bits per heavy atom. The zero-order valence-electron chi connectivity index (χ0n) is 16.7. The first-order chi connectivity index (χ1) is 13.1. The molecule has 0 bridgehead atoms. The zero-order valence-corrected chi connectivity index (χ0v) is 16.7. The van der Waals surface area contributed by atoms with Crippen molar-refractivity contribution in [1.82, 2.24) is 5.32 Å². The van der Waals surface area contributed by atoms with Gasteiger partial charge in [-0.2, -0.15) is 0 Å². The molecule has 0 aromatic heterocycles. The van der Waals surface area contributed by atoms with Gasteiger partial charge in [0, 0.05) is 18.2 Å². The molecule has 2 aromatic rings. The lowest BCUT2D eigenvalue weighted by molar-refractivity contribution is -0.153. The first-order valence-corrected chi connectivity index (χ1v) is 9.06. The Bertz CT molecular complexity index is 961. The summed E-state index contributed by atoms with van der Waals surface area (Å²) in [6.45, 7) is 7.25. The summed E-state index contributed by atoms with van der Waals surface area (Å²) in [6.07, 6.45) is 0. The van der Waals surface area contributed by atoms with Gasteiger partial charge >= 0.3 is 5.97 Å². The Morgan fingerprint density at radius 2 is 1.75 bits per heavy atom. The average Bonchev–Trinajstić information content (AvgIpc) is 2.83. The largest absolute Gasteiger partial charge is 0.430 e. The topological polar surface area (TPSA) is 75.7 Å². The molecule has 0 spiro atoms. The van der Waals surface area contributed by atoms with Crippen LogP contribution < -0.4 is 10.2 Å². The molecule has 1 unspecified atom stereocenters. The first-order valence-electron chi connectivity index (χ1n) is 9.06. The Morgan fingerprint density at radius 1 is 1.07 bits per heavy atom. The van der Waals surface area contributed by atoms with E-state index in [0.717, 1.165) is 5.56 Å². The van der Waals surface area contributed by atoms with Gasteiger partial charge in [0.05, 0.1) is 11.3 Å². The number of rotatable bonds is 3. The van der Waals surface area contributed by atoms with Crippen molar-refractivity contribution in [3.05, 3.63) is 65.2 Å². The van der Waals surface area contributed by atoms with Gasteiger partial charge in [-0.3, -0.25) is 9.59 Å². The number of amides is 2. The summed E-state index contributed by atoms with van der Waals surface area (Å²) in [6, 6.07) is 13.7. The van der Waals surface area contributed by atoms with Crippen molar-refractivity contribution in [3.63, 3.8) is 0 Å². The van der Waals surface area contributed by atoms with Gasteiger partial charge in [-0.25, -0.2) is 4.79 Å². The summed E-state index contributed by atoms with van der Waals surface area (Å²) in [5, 5.41) is 2.80. The molecule has 2 amide bonds. The van der Waals surface area contributed by atoms with Gasteiger partial charge in [0.1, 0.15) is 0 Å². The third-order valence-corrected chi connectivity index (χ3v) is 4.56. The Hall–Kier alpha value is -3.15. The minimum Gasteiger partial charge on any atom is -0.430 e. The van der Waals surface area contributed by atoms with Gasteiger partial charge in [0.25, 0.3) is 17.4 Å². The van der Waals surface area contributed by atoms with E-state index in [9.17, 15) is 14.4 Å². The van der Waals surface area contributed by atoms with E-state index in [1.165, 1.54) is 4.90 Å². The molecular formula is C22H24N2O4. The third kappa shape index (κ3) is 3.26. The molecule has 2 aromatic carbocycles. The number of benzene rings is 2. The Balaban J connectivity index is 2.12. The van der Waals surface area contributed by atoms with Crippen LogP contribution in [-0.2, 0) is 19.9 Å². The molecule has 0 saturated carbocycles. The smallest absolute Gasteiger partial charge is 0.340 e. The third-order valence-electron chi connectivity index (χ3n) is 4.56. The fourth-order valence-electron chi connectivity index (χ4n) is 3.29. The molecule has 1 aliphatic heterocycles. The number of esters is 1. The number of nitrogens with zero attached hydrogens (tertiary/aromatic N) is 1. The predicted molar refractivity (Wildman–Crippen MR) is 106 cm³/mol. The fourth-order valence-corrected chi connectivity index (χ4v) is 3.29. The molecule has 3 rings (SSSR count). The van der Waals surface area contributed by atoms with Crippen molar-refractivity contribution in [2.24, 2.45) is 0 Å². The lowest BCUT2D eigenvalue weighted by Crippen LogP contribution is -2.57. The van der Waals surface area contributed by atoms with E-state index in [2.05, 4.69) is 5.32 Å². The van der Waals surface area contributed by atoms with Crippen LogP contribution in [0.3, 0.4) is 0 Å². The van der Waals surface area contributed by atoms with Crippen LogP contribution in [0.15, 0.2) is 48.5 Å². The second kappa shape index (κ2) is 6.78. The fraction of sp³-hybridized carbons (Fsp3) is 0.318. The first kappa shape index (κ1) is 19.6. The molecule has 1 N–H and O–H groups in total. The number of aryl methyl sites for hydroxylation is 1. The second-order valence-corrected chi connectivity index (χ2v) is 8.03. The number of anilines is 1. The number of hydrogen-bond acceptors (Lipinski definition) is 4. The molecule has 0 saturated heterocycles. The minimum atomic E-state index is -2.07. The van der Waals surface area contributed by atoms with E-state index < -0.39 is 28.9 Å². The number of fused-ring (bicyclic) bond motifs is 1. The molecule has 0 radical (unpaired) electrons. The van der Waals surface area contributed by atoms with Crippen molar-refractivity contribution >= 4 is 23.5 Å². The molecule has 0 fully saturated rings. The number of ether oxygens (including phenoxy) is 1. The van der Waals surface area contributed by atoms with E-state index in [0.29, 0.717) is 11.3 Å². The van der Waals surface area contributed by atoms with Crippen molar-refractivity contribution in [2.45, 2.75) is 38.8 Å². The van der Waals surface area contributed by atoms with Gasteiger partial charge in [0.2, 0.25) is 0 Å². The van der Waals surface area contributed by atoms with Gasteiger partial charge < -0.3 is 15.0 Å². The lowest BCUT2D eigenvalue weighted by atomic mass is 9.92. The molecule has 0 aliphatic carbocycles. The van der Waals surface area contributed by atoms with Crippen LogP contribution in [0.2, 0.25) is 0 Å². The van der Waals surface area contributed by atoms with E-state index in [-0.39, 0.29) is 5.56 Å². The molecule has 146 valence electrons. The summed E-state index contributed by atoms with van der Waals surface area (Å²) in [7, 11) is 1.56. The summed E-state index contributed by atoms with van der Waals surface area (Å²) < 4.78 is 5.71. The average molecular weight is 380 g/mol. The maximum Gasteiger partial charge on any atom is 0.340 e. The van der Waals surface area contributed by atoms with Crippen LogP contribution in [0, 0.1) is 6.92 Å². The Labute approximate surface area is 164 Å². The van der Waals surface area contributed by atoms with E-state index in [1.54, 1.807) is 70.3 Å². The molecule has 6 heteroatoms. The summed E-state index contributed by atoms with van der Waals surface area (Å²) in [4.78, 5) is 40.8. The molecule has 6 nitrogen and oxygen atoms in total. The van der Waals surface area contributed by atoms with Crippen LogP contribution in [-0.4, -0.2) is 30.4 Å². The predicted octanol–water partition coefficient (Wildman–Crippen LogP) is 2.94. The second-order valence-electron chi connectivity index (χ2n) is 8.03. The normalized spacial score (nSPS) is 18.6. The molecule has 1 heterocycles. The summed E-state index contributed by atoms with van der Waals surface area (Å²) >= 11 is 0. The Kier molecular flexibility index (Phi) is 4.75. The van der Waals surface area contributed by atoms with Crippen LogP contribution in [0.5, 0.6) is 0 Å². The number of para-hydroxylation sites is 1. The van der Waals surface area contributed by atoms with Crippen LogP contribution >= 0.6 is 0 Å². The van der Waals surface area contributed by atoms with Crippen LogP contribution in [0.25, 0.3) is 0 Å². The van der Waals surface area contributed by atoms with Gasteiger partial charge in [-0.05, 0) is 45.9 Å². The van der Waals surface area contributed by atoms with Gasteiger partial charge in [0.15, 0.2) is 0 Å². The highest BCUT2D eigenvalue weighted by Gasteiger charge is 2.59. The number of carbonyl (C=O) groups is 3. The maximum absolute atomic E-state index is 13.3. The lowest BCUT2D eigenvalue weighted by Gasteiger charge is -2.31. The summed E-state index contributed by atoms with van der Waals surface area (Å²) in [5.41, 5.74) is -0.644. The number of carbonyl (C=O) groups excluding carboxylic acids is 3. The van der Waals surface area contributed by atoms with Crippen molar-refractivity contribution in [3.8, 4) is 0 Å². The highest BCUT2D eigenvalue weighted by molar-refractivity contribution is 6.21. The monoisotopic (exact) mass is 380 g/mol. The van der Waals surface area contributed by atoms with Crippen molar-refractivity contribution in [2.75, 3.05) is 11.9 Å². The van der Waals surface area contributed by atoms with E-state index in [1.807, 2.05) is 13.0 Å². The van der Waals surface area contributed by atoms with Gasteiger partial charge in [-0.15, -0.1) is 0 Å². The number of hydrogen-bond donors (Lipinski definition) is 1. The van der Waals surface area contributed by atoms with Crippen molar-refractivity contribution < 1.29 is 19.1 Å². The van der Waals surface area contributed by atoms with Crippen molar-refractivity contribution in [1.29, 1.82) is 0 Å². The number of likely N-dealkylation sites (N-methyl/N-ethyl adjacent to an activating group) is 1. The van der Waals surface area contributed by atoms with E-state index >= 15 is 0 Å². The van der Waals surface area contributed by atoms with Crippen LogP contribution in [0.4, 0.5) is 5.69 Å². The highest BCUT2D eigenvalue weighted by atomic mass is 16.6. The molecule has 1 atom stereocenters. The summed E-state index contributed by atoms with van der Waals surface area (Å²) in [5.74, 6) is -1.99.